The molecule has 2 aromatic heterocycles. The summed E-state index contributed by atoms with van der Waals surface area (Å²) >= 11 is 0. The molecule has 3 rings (SSSR count). The summed E-state index contributed by atoms with van der Waals surface area (Å²) in [5.74, 6) is -0.127. The van der Waals surface area contributed by atoms with Crippen LogP contribution in [0.2, 0.25) is 0 Å². The lowest BCUT2D eigenvalue weighted by atomic mass is 10.1. The molecule has 0 radical (unpaired) electrons. The standard InChI is InChI=1S/C16H15N3O/c1-10-5-3-7-14(11(10)2)19-16(20)13-9-18-15-12(13)6-4-8-17-15/h3-9H,1-2H3,(H,17,18)(H,19,20). The zero-order valence-corrected chi connectivity index (χ0v) is 11.4. The number of aromatic nitrogens is 2. The lowest BCUT2D eigenvalue weighted by Gasteiger charge is -2.09. The highest BCUT2D eigenvalue weighted by atomic mass is 16.1. The number of aromatic amines is 1. The summed E-state index contributed by atoms with van der Waals surface area (Å²) in [4.78, 5) is 19.6. The molecule has 2 N–H and O–H groups in total. The van der Waals surface area contributed by atoms with Gasteiger partial charge in [0.05, 0.1) is 5.56 Å². The van der Waals surface area contributed by atoms with E-state index in [1.165, 1.54) is 0 Å². The summed E-state index contributed by atoms with van der Waals surface area (Å²) in [5.41, 5.74) is 4.41. The lowest BCUT2D eigenvalue weighted by molar-refractivity contribution is 0.102. The first kappa shape index (κ1) is 12.4. The summed E-state index contributed by atoms with van der Waals surface area (Å²) in [7, 11) is 0. The van der Waals surface area contributed by atoms with Gasteiger partial charge in [0.1, 0.15) is 5.65 Å². The van der Waals surface area contributed by atoms with Crippen molar-refractivity contribution < 1.29 is 4.79 Å². The van der Waals surface area contributed by atoms with Crippen molar-refractivity contribution >= 4 is 22.6 Å². The number of fused-ring (bicyclic) bond motifs is 1. The molecule has 1 amide bonds. The number of hydrogen-bond acceptors (Lipinski definition) is 2. The van der Waals surface area contributed by atoms with Crippen LogP contribution in [-0.2, 0) is 0 Å². The van der Waals surface area contributed by atoms with E-state index in [1.807, 2.05) is 44.2 Å². The first-order valence-electron chi connectivity index (χ1n) is 6.46. The zero-order valence-electron chi connectivity index (χ0n) is 11.4. The van der Waals surface area contributed by atoms with Gasteiger partial charge in [0.15, 0.2) is 0 Å². The molecular weight excluding hydrogens is 250 g/mol. The number of carbonyl (C=O) groups is 1. The van der Waals surface area contributed by atoms with Crippen LogP contribution in [0.25, 0.3) is 11.0 Å². The number of H-pyrrole nitrogens is 1. The van der Waals surface area contributed by atoms with E-state index in [1.54, 1.807) is 12.4 Å². The average molecular weight is 265 g/mol. The second kappa shape index (κ2) is 4.81. The predicted molar refractivity (Wildman–Crippen MR) is 80.0 cm³/mol. The van der Waals surface area contributed by atoms with Gasteiger partial charge >= 0.3 is 0 Å². The summed E-state index contributed by atoms with van der Waals surface area (Å²) < 4.78 is 0. The van der Waals surface area contributed by atoms with E-state index in [9.17, 15) is 4.79 Å². The lowest BCUT2D eigenvalue weighted by Crippen LogP contribution is -2.12. The quantitative estimate of drug-likeness (QED) is 0.745. The van der Waals surface area contributed by atoms with Crippen LogP contribution in [-0.4, -0.2) is 15.9 Å². The number of aryl methyl sites for hydroxylation is 1. The SMILES string of the molecule is Cc1cccc(NC(=O)c2c[nH]c3ncccc23)c1C. The van der Waals surface area contributed by atoms with Gasteiger partial charge < -0.3 is 10.3 Å². The Bertz CT molecular complexity index is 789. The maximum atomic E-state index is 12.4. The van der Waals surface area contributed by atoms with Crippen molar-refractivity contribution in [1.82, 2.24) is 9.97 Å². The van der Waals surface area contributed by atoms with Crippen LogP contribution in [0, 0.1) is 13.8 Å². The van der Waals surface area contributed by atoms with Gasteiger partial charge in [-0.15, -0.1) is 0 Å². The zero-order chi connectivity index (χ0) is 14.1. The van der Waals surface area contributed by atoms with Crippen molar-refractivity contribution in [3.05, 3.63) is 59.4 Å². The molecule has 4 heteroatoms. The van der Waals surface area contributed by atoms with E-state index in [4.69, 9.17) is 0 Å². The molecule has 4 nitrogen and oxygen atoms in total. The Morgan fingerprint density at radius 3 is 2.90 bits per heavy atom. The maximum absolute atomic E-state index is 12.4. The topological polar surface area (TPSA) is 57.8 Å². The third-order valence-electron chi connectivity index (χ3n) is 3.55. The number of rotatable bonds is 2. The van der Waals surface area contributed by atoms with Crippen LogP contribution in [0.5, 0.6) is 0 Å². The van der Waals surface area contributed by atoms with Gasteiger partial charge in [0, 0.05) is 23.5 Å². The summed E-state index contributed by atoms with van der Waals surface area (Å²) in [5, 5.41) is 3.79. The smallest absolute Gasteiger partial charge is 0.257 e. The first-order valence-corrected chi connectivity index (χ1v) is 6.46. The van der Waals surface area contributed by atoms with E-state index in [-0.39, 0.29) is 5.91 Å². The predicted octanol–water partition coefficient (Wildman–Crippen LogP) is 3.43. The van der Waals surface area contributed by atoms with Crippen molar-refractivity contribution in [2.24, 2.45) is 0 Å². The van der Waals surface area contributed by atoms with Gasteiger partial charge in [0.25, 0.3) is 5.91 Å². The highest BCUT2D eigenvalue weighted by Crippen LogP contribution is 2.21. The molecule has 3 aromatic rings. The molecule has 1 aromatic carbocycles. The van der Waals surface area contributed by atoms with E-state index in [0.717, 1.165) is 27.8 Å². The molecule has 0 aliphatic carbocycles. The van der Waals surface area contributed by atoms with Crippen molar-refractivity contribution in [2.45, 2.75) is 13.8 Å². The molecule has 0 saturated heterocycles. The largest absolute Gasteiger partial charge is 0.345 e. The molecule has 20 heavy (non-hydrogen) atoms. The summed E-state index contributed by atoms with van der Waals surface area (Å²) in [6.07, 6.45) is 3.39. The Morgan fingerprint density at radius 2 is 2.05 bits per heavy atom. The number of carbonyl (C=O) groups excluding carboxylic acids is 1. The highest BCUT2D eigenvalue weighted by molar-refractivity contribution is 6.12. The number of nitrogens with one attached hydrogen (secondary N) is 2. The number of benzene rings is 1. The minimum atomic E-state index is -0.127. The fraction of sp³-hybridized carbons (Fsp3) is 0.125. The number of amides is 1. The summed E-state index contributed by atoms with van der Waals surface area (Å²) in [6.45, 7) is 4.03. The molecule has 0 unspecified atom stereocenters. The third kappa shape index (κ3) is 2.05. The molecule has 0 atom stereocenters. The van der Waals surface area contributed by atoms with Gasteiger partial charge in [0.2, 0.25) is 0 Å². The normalized spacial score (nSPS) is 10.7. The molecule has 0 bridgehead atoms. The molecule has 0 aliphatic rings. The Kier molecular flexibility index (Phi) is 2.99. The van der Waals surface area contributed by atoms with Crippen LogP contribution in [0.3, 0.4) is 0 Å². The molecule has 0 spiro atoms. The van der Waals surface area contributed by atoms with E-state index in [0.29, 0.717) is 5.56 Å². The Balaban J connectivity index is 1.95. The Morgan fingerprint density at radius 1 is 1.20 bits per heavy atom. The van der Waals surface area contributed by atoms with E-state index in [2.05, 4.69) is 15.3 Å². The fourth-order valence-electron chi connectivity index (χ4n) is 2.22. The van der Waals surface area contributed by atoms with Gasteiger partial charge in [-0.25, -0.2) is 4.98 Å². The van der Waals surface area contributed by atoms with Crippen LogP contribution >= 0.6 is 0 Å². The molecule has 0 fully saturated rings. The Labute approximate surface area is 116 Å². The van der Waals surface area contributed by atoms with Crippen molar-refractivity contribution in [3.8, 4) is 0 Å². The van der Waals surface area contributed by atoms with E-state index < -0.39 is 0 Å². The molecule has 100 valence electrons. The van der Waals surface area contributed by atoms with Crippen molar-refractivity contribution in [3.63, 3.8) is 0 Å². The van der Waals surface area contributed by atoms with Crippen molar-refractivity contribution in [2.75, 3.05) is 5.32 Å². The monoisotopic (exact) mass is 265 g/mol. The number of pyridine rings is 1. The molecule has 0 aliphatic heterocycles. The summed E-state index contributed by atoms with van der Waals surface area (Å²) in [6, 6.07) is 9.59. The van der Waals surface area contributed by atoms with Gasteiger partial charge in [-0.05, 0) is 43.2 Å². The van der Waals surface area contributed by atoms with Crippen LogP contribution in [0.15, 0.2) is 42.7 Å². The number of anilines is 1. The average Bonchev–Trinajstić information content (AvgIpc) is 2.88. The third-order valence-corrected chi connectivity index (χ3v) is 3.55. The second-order valence-corrected chi connectivity index (χ2v) is 4.80. The van der Waals surface area contributed by atoms with E-state index >= 15 is 0 Å². The number of hydrogen-bond donors (Lipinski definition) is 2. The minimum Gasteiger partial charge on any atom is -0.345 e. The fourth-order valence-corrected chi connectivity index (χ4v) is 2.22. The maximum Gasteiger partial charge on any atom is 0.257 e. The van der Waals surface area contributed by atoms with Gasteiger partial charge in [-0.2, -0.15) is 0 Å². The second-order valence-electron chi connectivity index (χ2n) is 4.80. The molecule has 0 saturated carbocycles. The van der Waals surface area contributed by atoms with Crippen LogP contribution < -0.4 is 5.32 Å². The molecular formula is C16H15N3O. The van der Waals surface area contributed by atoms with Gasteiger partial charge in [-0.1, -0.05) is 12.1 Å². The van der Waals surface area contributed by atoms with Crippen LogP contribution in [0.4, 0.5) is 5.69 Å². The first-order chi connectivity index (χ1) is 9.66. The van der Waals surface area contributed by atoms with Crippen LogP contribution in [0.1, 0.15) is 21.5 Å². The minimum absolute atomic E-state index is 0.127. The van der Waals surface area contributed by atoms with Crippen molar-refractivity contribution in [1.29, 1.82) is 0 Å². The Hall–Kier alpha value is -2.62. The number of nitrogens with zero attached hydrogens (tertiary/aromatic N) is 1. The van der Waals surface area contributed by atoms with Gasteiger partial charge in [-0.3, -0.25) is 4.79 Å². The molecule has 2 heterocycles. The highest BCUT2D eigenvalue weighted by Gasteiger charge is 2.13.